The van der Waals surface area contributed by atoms with Crippen molar-refractivity contribution in [1.29, 1.82) is 0 Å². The molecular formula is C27H33NO6S. The number of hydrogen-bond donors (Lipinski definition) is 0. The van der Waals surface area contributed by atoms with Crippen LogP contribution in [0.15, 0.2) is 54.6 Å². The van der Waals surface area contributed by atoms with Crippen LogP contribution in [-0.2, 0) is 20.9 Å². The number of ether oxygens (including phenoxy) is 3. The highest BCUT2D eigenvalue weighted by atomic mass is 32.2. The Morgan fingerprint density at radius 2 is 1.71 bits per heavy atom. The summed E-state index contributed by atoms with van der Waals surface area (Å²) >= 11 is 1.22. The zero-order valence-corrected chi connectivity index (χ0v) is 21.5. The molecule has 0 spiro atoms. The second kappa shape index (κ2) is 12.1. The molecule has 0 N–H and O–H groups in total. The molecule has 0 unspecified atom stereocenters. The number of thioether (sulfide) groups is 1. The molecule has 0 bridgehead atoms. The fourth-order valence-electron chi connectivity index (χ4n) is 3.92. The van der Waals surface area contributed by atoms with Crippen LogP contribution in [-0.4, -0.2) is 52.6 Å². The molecule has 188 valence electrons. The van der Waals surface area contributed by atoms with Crippen LogP contribution in [0.4, 0.5) is 4.79 Å². The highest BCUT2D eigenvalue weighted by molar-refractivity contribution is 8.14. The number of carbonyl (C=O) groups excluding carboxylic acids is 3. The summed E-state index contributed by atoms with van der Waals surface area (Å²) in [4.78, 5) is 40.3. The van der Waals surface area contributed by atoms with E-state index >= 15 is 0 Å². The van der Waals surface area contributed by atoms with Crippen molar-refractivity contribution in [3.05, 3.63) is 65.7 Å². The lowest BCUT2D eigenvalue weighted by molar-refractivity contribution is -0.114. The summed E-state index contributed by atoms with van der Waals surface area (Å²) in [5.41, 5.74) is 1.25. The predicted octanol–water partition coefficient (Wildman–Crippen LogP) is 5.47. The van der Waals surface area contributed by atoms with Crippen LogP contribution in [0.3, 0.4) is 0 Å². The molecule has 0 aliphatic carbocycles. The number of rotatable bonds is 7. The standard InChI is InChI=1S/C27H33NO6S/c1-27(2,3)35-24(29)17-22-23(34-25(30)20-12-14-21(32-4)15-13-20)11-8-16-28(22)26(31)33-18-19-9-6-5-7-10-19/h5-7,9-10,12-15,22-23H,8,11,16-18H2,1-4H3/t22-,23+/m1/s1. The maximum atomic E-state index is 13.1. The van der Waals surface area contributed by atoms with Gasteiger partial charge >= 0.3 is 12.1 Å². The lowest BCUT2D eigenvalue weighted by atomic mass is 9.96. The summed E-state index contributed by atoms with van der Waals surface area (Å²) in [6, 6.07) is 15.4. The largest absolute Gasteiger partial charge is 0.497 e. The Labute approximate surface area is 211 Å². The van der Waals surface area contributed by atoms with Crippen molar-refractivity contribution in [1.82, 2.24) is 4.90 Å². The minimum absolute atomic E-state index is 0.0595. The second-order valence-electron chi connectivity index (χ2n) is 9.41. The lowest BCUT2D eigenvalue weighted by Gasteiger charge is -2.40. The number of likely N-dealkylation sites (tertiary alicyclic amines) is 1. The highest BCUT2D eigenvalue weighted by Crippen LogP contribution is 2.31. The zero-order chi connectivity index (χ0) is 25.4. The Morgan fingerprint density at radius 1 is 1.03 bits per heavy atom. The minimum Gasteiger partial charge on any atom is -0.497 e. The number of amides is 1. The van der Waals surface area contributed by atoms with Gasteiger partial charge in [0.05, 0.1) is 18.7 Å². The van der Waals surface area contributed by atoms with E-state index in [1.807, 2.05) is 51.1 Å². The molecule has 0 saturated carbocycles. The monoisotopic (exact) mass is 499 g/mol. The van der Waals surface area contributed by atoms with Crippen molar-refractivity contribution in [2.45, 2.75) is 63.5 Å². The molecule has 2 atom stereocenters. The van der Waals surface area contributed by atoms with Gasteiger partial charge in [-0.25, -0.2) is 9.59 Å². The fourth-order valence-corrected chi connectivity index (χ4v) is 4.85. The Balaban J connectivity index is 1.75. The second-order valence-corrected chi connectivity index (χ2v) is 11.3. The minimum atomic E-state index is -0.618. The number of nitrogens with zero attached hydrogens (tertiary/aromatic N) is 1. The number of benzene rings is 2. The van der Waals surface area contributed by atoms with Gasteiger partial charge in [-0.3, -0.25) is 4.79 Å². The fraction of sp³-hybridized carbons (Fsp3) is 0.444. The van der Waals surface area contributed by atoms with E-state index < -0.39 is 24.2 Å². The first-order chi connectivity index (χ1) is 16.7. The third kappa shape index (κ3) is 8.02. The maximum Gasteiger partial charge on any atom is 0.410 e. The van der Waals surface area contributed by atoms with E-state index in [0.717, 1.165) is 5.56 Å². The first kappa shape index (κ1) is 26.6. The van der Waals surface area contributed by atoms with Gasteiger partial charge in [-0.05, 0) is 42.7 Å². The molecule has 1 aliphatic rings. The summed E-state index contributed by atoms with van der Waals surface area (Å²) < 4.78 is 16.3. The number of piperidine rings is 1. The molecule has 7 nitrogen and oxygen atoms in total. The molecule has 2 aromatic rings. The van der Waals surface area contributed by atoms with Gasteiger partial charge in [-0.2, -0.15) is 0 Å². The number of carbonyl (C=O) groups is 3. The van der Waals surface area contributed by atoms with Crippen LogP contribution in [0, 0.1) is 0 Å². The van der Waals surface area contributed by atoms with Crippen LogP contribution >= 0.6 is 11.8 Å². The first-order valence-electron chi connectivity index (χ1n) is 11.7. The molecule has 1 amide bonds. The molecule has 3 rings (SSSR count). The van der Waals surface area contributed by atoms with Crippen LogP contribution in [0.1, 0.15) is 56.0 Å². The van der Waals surface area contributed by atoms with E-state index in [0.29, 0.717) is 30.7 Å². The van der Waals surface area contributed by atoms with Gasteiger partial charge in [0.15, 0.2) is 5.12 Å². The molecular weight excluding hydrogens is 466 g/mol. The Morgan fingerprint density at radius 3 is 2.34 bits per heavy atom. The maximum absolute atomic E-state index is 13.1. The first-order valence-corrected chi connectivity index (χ1v) is 12.5. The topological polar surface area (TPSA) is 82.1 Å². The van der Waals surface area contributed by atoms with Crippen LogP contribution in [0.2, 0.25) is 0 Å². The molecule has 0 aromatic heterocycles. The van der Waals surface area contributed by atoms with Crippen LogP contribution in [0.25, 0.3) is 0 Å². The molecule has 0 radical (unpaired) electrons. The van der Waals surface area contributed by atoms with E-state index in [4.69, 9.17) is 14.2 Å². The van der Waals surface area contributed by atoms with Crippen molar-refractivity contribution in [2.24, 2.45) is 0 Å². The quantitative estimate of drug-likeness (QED) is 0.467. The van der Waals surface area contributed by atoms with Gasteiger partial charge < -0.3 is 19.1 Å². The zero-order valence-electron chi connectivity index (χ0n) is 20.7. The Bertz CT molecular complexity index is 1000. The van der Waals surface area contributed by atoms with Gasteiger partial charge in [0.25, 0.3) is 0 Å². The molecule has 8 heteroatoms. The van der Waals surface area contributed by atoms with E-state index in [1.165, 1.54) is 11.8 Å². The van der Waals surface area contributed by atoms with Gasteiger partial charge in [-0.15, -0.1) is 0 Å². The summed E-state index contributed by atoms with van der Waals surface area (Å²) in [6.07, 6.45) is 0.133. The average molecular weight is 500 g/mol. The van der Waals surface area contributed by atoms with Crippen molar-refractivity contribution in [3.63, 3.8) is 0 Å². The van der Waals surface area contributed by atoms with Crippen molar-refractivity contribution in [2.75, 3.05) is 13.7 Å². The van der Waals surface area contributed by atoms with Gasteiger partial charge in [0.2, 0.25) is 0 Å². The summed E-state index contributed by atoms with van der Waals surface area (Å²) in [5, 5.41) is -0.0595. The van der Waals surface area contributed by atoms with Crippen LogP contribution < -0.4 is 4.74 Å². The van der Waals surface area contributed by atoms with Gasteiger partial charge in [0, 0.05) is 17.7 Å². The third-order valence-corrected chi connectivity index (χ3v) is 6.54. The molecule has 1 fully saturated rings. The Kier molecular flexibility index (Phi) is 9.20. The van der Waals surface area contributed by atoms with Crippen molar-refractivity contribution >= 4 is 28.9 Å². The number of methoxy groups -OCH3 is 1. The SMILES string of the molecule is COc1ccc(C(=O)O[C@H]2CCCN(C(=O)OCc3ccccc3)[C@@H]2CC(=O)SC(C)(C)C)cc1. The molecule has 35 heavy (non-hydrogen) atoms. The molecule has 1 saturated heterocycles. The van der Waals surface area contributed by atoms with E-state index in [-0.39, 0.29) is 22.9 Å². The average Bonchev–Trinajstić information content (AvgIpc) is 2.83. The predicted molar refractivity (Wildman–Crippen MR) is 136 cm³/mol. The van der Waals surface area contributed by atoms with Crippen molar-refractivity contribution < 1.29 is 28.6 Å². The highest BCUT2D eigenvalue weighted by Gasteiger charge is 2.39. The van der Waals surface area contributed by atoms with Crippen LogP contribution in [0.5, 0.6) is 5.75 Å². The van der Waals surface area contributed by atoms with Gasteiger partial charge in [-0.1, -0.05) is 62.9 Å². The third-order valence-electron chi connectivity index (χ3n) is 5.54. The summed E-state index contributed by atoms with van der Waals surface area (Å²) in [7, 11) is 1.55. The van der Waals surface area contributed by atoms with E-state index in [1.54, 1.807) is 36.3 Å². The Hall–Kier alpha value is -3.00. The van der Waals surface area contributed by atoms with Gasteiger partial charge in [0.1, 0.15) is 18.5 Å². The summed E-state index contributed by atoms with van der Waals surface area (Å²) in [5.74, 6) is 0.132. The molecule has 1 aliphatic heterocycles. The number of hydrogen-bond acceptors (Lipinski definition) is 7. The summed E-state index contributed by atoms with van der Waals surface area (Å²) in [6.45, 7) is 6.45. The van der Waals surface area contributed by atoms with E-state index in [2.05, 4.69) is 0 Å². The smallest absolute Gasteiger partial charge is 0.410 e. The number of esters is 1. The van der Waals surface area contributed by atoms with E-state index in [9.17, 15) is 14.4 Å². The lowest BCUT2D eigenvalue weighted by Crippen LogP contribution is -2.53. The molecule has 1 heterocycles. The molecule has 2 aromatic carbocycles. The van der Waals surface area contributed by atoms with Crippen molar-refractivity contribution in [3.8, 4) is 5.75 Å². The normalized spacial score (nSPS) is 18.0.